The van der Waals surface area contributed by atoms with Crippen LogP contribution in [0.4, 0.5) is 17.3 Å². The molecule has 26 heavy (non-hydrogen) atoms. The lowest BCUT2D eigenvalue weighted by atomic mass is 10.1. The Hall–Kier alpha value is -2.57. The van der Waals surface area contributed by atoms with E-state index in [9.17, 15) is 14.9 Å². The van der Waals surface area contributed by atoms with E-state index >= 15 is 0 Å². The number of nitrogens with zero attached hydrogens (tertiary/aromatic N) is 3. The number of aromatic nitrogens is 2. The van der Waals surface area contributed by atoms with Crippen molar-refractivity contribution in [3.05, 3.63) is 16.4 Å². The number of esters is 1. The lowest BCUT2D eigenvalue weighted by Crippen LogP contribution is -2.35. The fourth-order valence-corrected chi connectivity index (χ4v) is 2.94. The molecule has 142 valence electrons. The van der Waals surface area contributed by atoms with Gasteiger partial charge in [0.15, 0.2) is 12.0 Å². The van der Waals surface area contributed by atoms with E-state index in [0.29, 0.717) is 0 Å². The minimum absolute atomic E-state index is 0.0396. The third-order valence-corrected chi connectivity index (χ3v) is 3.91. The molecule has 3 N–H and O–H groups in total. The third kappa shape index (κ3) is 3.52. The standard InChI is InChI=1S/C14H19N5O7/c1-6(20)23-4-7-9-10(26-14(2,3)25-9)13(24-7)18-12-8(19(21)22)11(15)16-5-17-12/h5,7,9-10,13H,4H2,1-3H3,(H3,15,16,17,18)/t7-,9-,10-,13-/m1/s1. The van der Waals surface area contributed by atoms with Gasteiger partial charge < -0.3 is 30.0 Å². The maximum Gasteiger partial charge on any atom is 0.353 e. The maximum atomic E-state index is 11.2. The predicted molar refractivity (Wildman–Crippen MR) is 85.8 cm³/mol. The fourth-order valence-electron chi connectivity index (χ4n) is 2.94. The molecule has 0 aromatic carbocycles. The molecule has 0 spiro atoms. The zero-order valence-corrected chi connectivity index (χ0v) is 14.4. The van der Waals surface area contributed by atoms with Gasteiger partial charge in [0.2, 0.25) is 11.6 Å². The van der Waals surface area contributed by atoms with Gasteiger partial charge in [-0.2, -0.15) is 0 Å². The minimum Gasteiger partial charge on any atom is -0.463 e. The van der Waals surface area contributed by atoms with Crippen LogP contribution >= 0.6 is 0 Å². The Balaban J connectivity index is 1.83. The molecule has 4 atom stereocenters. The Morgan fingerprint density at radius 1 is 1.42 bits per heavy atom. The zero-order valence-electron chi connectivity index (χ0n) is 14.4. The Kier molecular flexibility index (Phi) is 4.64. The summed E-state index contributed by atoms with van der Waals surface area (Å²) in [6.45, 7) is 4.71. The first-order valence-corrected chi connectivity index (χ1v) is 7.84. The lowest BCUT2D eigenvalue weighted by molar-refractivity contribution is -0.383. The molecule has 3 heterocycles. The summed E-state index contributed by atoms with van der Waals surface area (Å²) in [6.07, 6.45) is -1.46. The first kappa shape index (κ1) is 18.2. The molecule has 1 aromatic rings. The molecule has 0 saturated carbocycles. The Labute approximate surface area is 148 Å². The number of hydrogen-bond acceptors (Lipinski definition) is 11. The van der Waals surface area contributed by atoms with Crippen LogP contribution in [0.15, 0.2) is 6.33 Å². The summed E-state index contributed by atoms with van der Waals surface area (Å²) in [7, 11) is 0. The van der Waals surface area contributed by atoms with Gasteiger partial charge in [-0.25, -0.2) is 9.97 Å². The van der Waals surface area contributed by atoms with Crippen LogP contribution in [0.5, 0.6) is 0 Å². The molecule has 12 heteroatoms. The Morgan fingerprint density at radius 3 is 2.77 bits per heavy atom. The van der Waals surface area contributed by atoms with E-state index in [1.54, 1.807) is 13.8 Å². The molecule has 0 bridgehead atoms. The van der Waals surface area contributed by atoms with Gasteiger partial charge in [0, 0.05) is 6.92 Å². The molecule has 0 amide bonds. The van der Waals surface area contributed by atoms with Crippen molar-refractivity contribution >= 4 is 23.3 Å². The summed E-state index contributed by atoms with van der Waals surface area (Å²) in [5.74, 6) is -1.72. The molecule has 2 fully saturated rings. The Bertz CT molecular complexity index is 728. The number of nitrogens with two attached hydrogens (primary N) is 1. The smallest absolute Gasteiger partial charge is 0.353 e. The number of nitrogen functional groups attached to an aromatic ring is 1. The highest BCUT2D eigenvalue weighted by molar-refractivity contribution is 5.67. The van der Waals surface area contributed by atoms with Gasteiger partial charge in [-0.3, -0.25) is 14.9 Å². The summed E-state index contributed by atoms with van der Waals surface area (Å²) >= 11 is 0. The van der Waals surface area contributed by atoms with E-state index in [1.165, 1.54) is 6.92 Å². The van der Waals surface area contributed by atoms with Gasteiger partial charge >= 0.3 is 11.7 Å². The summed E-state index contributed by atoms with van der Waals surface area (Å²) in [4.78, 5) is 29.1. The molecule has 2 saturated heterocycles. The minimum atomic E-state index is -0.885. The van der Waals surface area contributed by atoms with Crippen molar-refractivity contribution in [2.45, 2.75) is 51.1 Å². The molecular formula is C14H19N5O7. The maximum absolute atomic E-state index is 11.2. The second-order valence-corrected chi connectivity index (χ2v) is 6.32. The average Bonchev–Trinajstić information content (AvgIpc) is 2.99. The van der Waals surface area contributed by atoms with E-state index in [2.05, 4.69) is 15.3 Å². The molecule has 0 unspecified atom stereocenters. The van der Waals surface area contributed by atoms with Gasteiger partial charge in [-0.05, 0) is 13.8 Å². The van der Waals surface area contributed by atoms with E-state index in [1.807, 2.05) is 0 Å². The third-order valence-electron chi connectivity index (χ3n) is 3.91. The molecule has 12 nitrogen and oxygen atoms in total. The summed E-state index contributed by atoms with van der Waals surface area (Å²) in [5.41, 5.74) is 5.10. The summed E-state index contributed by atoms with van der Waals surface area (Å²) in [6, 6.07) is 0. The van der Waals surface area contributed by atoms with Crippen molar-refractivity contribution in [3.63, 3.8) is 0 Å². The van der Waals surface area contributed by atoms with Crippen LogP contribution in [-0.2, 0) is 23.7 Å². The number of fused-ring (bicyclic) bond motifs is 1. The second kappa shape index (κ2) is 6.63. The van der Waals surface area contributed by atoms with Crippen molar-refractivity contribution in [1.29, 1.82) is 0 Å². The molecule has 1 aromatic heterocycles. The fraction of sp³-hybridized carbons (Fsp3) is 0.643. The number of carbonyl (C=O) groups excluding carboxylic acids is 1. The van der Waals surface area contributed by atoms with Crippen molar-refractivity contribution < 1.29 is 28.7 Å². The van der Waals surface area contributed by atoms with Crippen LogP contribution in [0.2, 0.25) is 0 Å². The van der Waals surface area contributed by atoms with Crippen molar-refractivity contribution in [2.75, 3.05) is 17.7 Å². The van der Waals surface area contributed by atoms with Gasteiger partial charge in [0.05, 0.1) is 4.92 Å². The normalized spacial score (nSPS) is 29.2. The highest BCUT2D eigenvalue weighted by Gasteiger charge is 2.56. The van der Waals surface area contributed by atoms with Crippen molar-refractivity contribution in [2.24, 2.45) is 0 Å². The van der Waals surface area contributed by atoms with Gasteiger partial charge in [0.1, 0.15) is 31.2 Å². The molecular weight excluding hydrogens is 350 g/mol. The SMILES string of the molecule is CC(=O)OC[C@H]1O[C@@H](Nc2ncnc(N)c2[N+](=O)[O-])[C@@H]2OC(C)(C)O[C@@H]21. The summed E-state index contributed by atoms with van der Waals surface area (Å²) < 4.78 is 22.4. The van der Waals surface area contributed by atoms with Gasteiger partial charge in [0.25, 0.3) is 0 Å². The molecule has 2 aliphatic rings. The van der Waals surface area contributed by atoms with Crippen LogP contribution in [0.3, 0.4) is 0 Å². The highest BCUT2D eigenvalue weighted by atomic mass is 16.8. The molecule has 0 radical (unpaired) electrons. The lowest BCUT2D eigenvalue weighted by Gasteiger charge is -2.24. The summed E-state index contributed by atoms with van der Waals surface area (Å²) in [5, 5.41) is 14.1. The van der Waals surface area contributed by atoms with Crippen molar-refractivity contribution in [3.8, 4) is 0 Å². The van der Waals surface area contributed by atoms with E-state index < -0.39 is 46.9 Å². The molecule has 3 rings (SSSR count). The number of nitrogens with one attached hydrogen (secondary N) is 1. The monoisotopic (exact) mass is 369 g/mol. The van der Waals surface area contributed by atoms with E-state index in [0.717, 1.165) is 6.33 Å². The molecule has 2 aliphatic heterocycles. The van der Waals surface area contributed by atoms with Crippen molar-refractivity contribution in [1.82, 2.24) is 9.97 Å². The Morgan fingerprint density at radius 2 is 2.12 bits per heavy atom. The first-order valence-electron chi connectivity index (χ1n) is 7.84. The quantitative estimate of drug-likeness (QED) is 0.414. The number of nitro groups is 1. The number of carbonyl (C=O) groups is 1. The predicted octanol–water partition coefficient (Wildman–Crippen LogP) is 0.187. The highest BCUT2D eigenvalue weighted by Crippen LogP contribution is 2.40. The molecule has 0 aliphatic carbocycles. The van der Waals surface area contributed by atoms with Crippen LogP contribution in [0.25, 0.3) is 0 Å². The zero-order chi connectivity index (χ0) is 19.1. The van der Waals surface area contributed by atoms with Gasteiger partial charge in [-0.15, -0.1) is 0 Å². The van der Waals surface area contributed by atoms with Gasteiger partial charge in [-0.1, -0.05) is 0 Å². The van der Waals surface area contributed by atoms with Crippen LogP contribution < -0.4 is 11.1 Å². The number of hydrogen-bond donors (Lipinski definition) is 2. The second-order valence-electron chi connectivity index (χ2n) is 6.32. The van der Waals surface area contributed by atoms with E-state index in [-0.39, 0.29) is 18.2 Å². The number of anilines is 2. The van der Waals surface area contributed by atoms with Crippen LogP contribution in [0.1, 0.15) is 20.8 Å². The van der Waals surface area contributed by atoms with E-state index in [4.69, 9.17) is 24.7 Å². The van der Waals surface area contributed by atoms with Crippen LogP contribution in [0, 0.1) is 10.1 Å². The average molecular weight is 369 g/mol. The number of rotatable bonds is 5. The first-order chi connectivity index (χ1) is 12.2. The topological polar surface area (TPSA) is 161 Å². The largest absolute Gasteiger partial charge is 0.463 e. The number of ether oxygens (including phenoxy) is 4. The van der Waals surface area contributed by atoms with Crippen LogP contribution in [-0.4, -0.2) is 57.8 Å².